The van der Waals surface area contributed by atoms with Crippen molar-refractivity contribution in [2.24, 2.45) is 11.1 Å². The van der Waals surface area contributed by atoms with Crippen LogP contribution in [-0.4, -0.2) is 40.2 Å². The Morgan fingerprint density at radius 2 is 1.89 bits per heavy atom. The van der Waals surface area contributed by atoms with Crippen LogP contribution in [0.2, 0.25) is 0 Å². The molecule has 1 aliphatic carbocycles. The molecule has 0 aliphatic heterocycles. The summed E-state index contributed by atoms with van der Waals surface area (Å²) in [7, 11) is -3.14. The lowest BCUT2D eigenvalue weighted by atomic mass is 9.85. The zero-order chi connectivity index (χ0) is 13.6. The van der Waals surface area contributed by atoms with Gasteiger partial charge in [-0.2, -0.15) is 0 Å². The van der Waals surface area contributed by atoms with Crippen molar-refractivity contribution in [3.8, 4) is 0 Å². The van der Waals surface area contributed by atoms with Crippen LogP contribution in [0.5, 0.6) is 0 Å². The standard InChI is InChI=1S/C11H23N3O3S/c1-18(16,17)14-8-4-7-13-10(15)11(9-12)5-2-3-6-11/h14H,2-9,12H2,1H3,(H,13,15). The molecule has 4 N–H and O–H groups in total. The highest BCUT2D eigenvalue weighted by Gasteiger charge is 2.39. The minimum atomic E-state index is -3.14. The third-order valence-electron chi connectivity index (χ3n) is 3.44. The van der Waals surface area contributed by atoms with Gasteiger partial charge in [0.1, 0.15) is 0 Å². The molecule has 6 nitrogen and oxygen atoms in total. The van der Waals surface area contributed by atoms with Crippen LogP contribution < -0.4 is 15.8 Å². The molecule has 0 aromatic carbocycles. The number of amides is 1. The van der Waals surface area contributed by atoms with E-state index in [1.807, 2.05) is 0 Å². The number of sulfonamides is 1. The first-order valence-electron chi connectivity index (χ1n) is 6.33. The quantitative estimate of drug-likeness (QED) is 0.549. The molecule has 1 amide bonds. The molecule has 1 aliphatic rings. The third kappa shape index (κ3) is 4.55. The van der Waals surface area contributed by atoms with Crippen LogP contribution in [0.3, 0.4) is 0 Å². The summed E-state index contributed by atoms with van der Waals surface area (Å²) in [5.74, 6) is 0.0156. The number of carbonyl (C=O) groups excluding carboxylic acids is 1. The summed E-state index contributed by atoms with van der Waals surface area (Å²) in [5, 5.41) is 2.85. The highest BCUT2D eigenvalue weighted by molar-refractivity contribution is 7.88. The second-order valence-corrected chi connectivity index (χ2v) is 6.80. The van der Waals surface area contributed by atoms with Gasteiger partial charge in [-0.25, -0.2) is 13.1 Å². The van der Waals surface area contributed by atoms with E-state index in [9.17, 15) is 13.2 Å². The van der Waals surface area contributed by atoms with Crippen molar-refractivity contribution in [3.05, 3.63) is 0 Å². The maximum atomic E-state index is 12.0. The smallest absolute Gasteiger partial charge is 0.227 e. The second kappa shape index (κ2) is 6.49. The molecule has 18 heavy (non-hydrogen) atoms. The molecule has 0 aromatic heterocycles. The van der Waals surface area contributed by atoms with E-state index in [1.54, 1.807) is 0 Å². The average molecular weight is 277 g/mol. The van der Waals surface area contributed by atoms with Crippen LogP contribution >= 0.6 is 0 Å². The number of nitrogens with one attached hydrogen (secondary N) is 2. The Balaban J connectivity index is 2.25. The van der Waals surface area contributed by atoms with Gasteiger partial charge in [0.05, 0.1) is 11.7 Å². The normalized spacial score (nSPS) is 18.8. The Kier molecular flexibility index (Phi) is 5.55. The lowest BCUT2D eigenvalue weighted by Crippen LogP contribution is -2.44. The largest absolute Gasteiger partial charge is 0.356 e. The van der Waals surface area contributed by atoms with Crippen molar-refractivity contribution in [2.75, 3.05) is 25.9 Å². The summed E-state index contributed by atoms with van der Waals surface area (Å²) in [5.41, 5.74) is 5.32. The Labute approximate surface area is 109 Å². The van der Waals surface area contributed by atoms with E-state index in [1.165, 1.54) is 0 Å². The van der Waals surface area contributed by atoms with E-state index in [0.29, 0.717) is 26.1 Å². The van der Waals surface area contributed by atoms with Crippen molar-refractivity contribution in [3.63, 3.8) is 0 Å². The van der Waals surface area contributed by atoms with Gasteiger partial charge in [-0.3, -0.25) is 4.79 Å². The van der Waals surface area contributed by atoms with Gasteiger partial charge >= 0.3 is 0 Å². The highest BCUT2D eigenvalue weighted by Crippen LogP contribution is 2.37. The van der Waals surface area contributed by atoms with E-state index in [-0.39, 0.29) is 11.3 Å². The van der Waals surface area contributed by atoms with Gasteiger partial charge in [0.2, 0.25) is 15.9 Å². The number of carbonyl (C=O) groups is 1. The van der Waals surface area contributed by atoms with Gasteiger partial charge in [0, 0.05) is 19.6 Å². The fraction of sp³-hybridized carbons (Fsp3) is 0.909. The predicted octanol–water partition coefficient (Wildman–Crippen LogP) is -0.439. The van der Waals surface area contributed by atoms with Crippen molar-refractivity contribution in [2.45, 2.75) is 32.1 Å². The monoisotopic (exact) mass is 277 g/mol. The molecule has 0 atom stereocenters. The number of hydrogen-bond donors (Lipinski definition) is 3. The van der Waals surface area contributed by atoms with E-state index < -0.39 is 10.0 Å². The molecule has 1 rings (SSSR count). The predicted molar refractivity (Wildman–Crippen MR) is 70.4 cm³/mol. The summed E-state index contributed by atoms with van der Waals surface area (Å²) < 4.78 is 24.0. The first kappa shape index (κ1) is 15.4. The summed E-state index contributed by atoms with van der Waals surface area (Å²) in [6.45, 7) is 1.21. The SMILES string of the molecule is CS(=O)(=O)NCCCNC(=O)C1(CN)CCCC1. The molecule has 0 heterocycles. The van der Waals surface area contributed by atoms with Gasteiger partial charge in [0.25, 0.3) is 0 Å². The Morgan fingerprint density at radius 1 is 1.28 bits per heavy atom. The molecule has 0 unspecified atom stereocenters. The lowest BCUT2D eigenvalue weighted by molar-refractivity contribution is -0.130. The molecule has 0 aromatic rings. The number of hydrogen-bond acceptors (Lipinski definition) is 4. The lowest BCUT2D eigenvalue weighted by Gasteiger charge is -2.25. The molecule has 106 valence electrons. The van der Waals surface area contributed by atoms with E-state index in [0.717, 1.165) is 31.9 Å². The van der Waals surface area contributed by atoms with Gasteiger partial charge < -0.3 is 11.1 Å². The van der Waals surface area contributed by atoms with Crippen molar-refractivity contribution >= 4 is 15.9 Å². The van der Waals surface area contributed by atoms with Gasteiger partial charge in [-0.05, 0) is 19.3 Å². The van der Waals surface area contributed by atoms with Crippen LogP contribution in [0.15, 0.2) is 0 Å². The molecule has 0 saturated heterocycles. The number of nitrogens with two attached hydrogens (primary N) is 1. The summed E-state index contributed by atoms with van der Waals surface area (Å²) in [4.78, 5) is 12.0. The summed E-state index contributed by atoms with van der Waals surface area (Å²) in [6, 6.07) is 0. The molecular formula is C11H23N3O3S. The molecule has 1 saturated carbocycles. The maximum absolute atomic E-state index is 12.0. The molecule has 0 spiro atoms. The minimum Gasteiger partial charge on any atom is -0.356 e. The first-order valence-corrected chi connectivity index (χ1v) is 8.22. The zero-order valence-electron chi connectivity index (χ0n) is 10.9. The summed E-state index contributed by atoms with van der Waals surface area (Å²) >= 11 is 0. The average Bonchev–Trinajstić information content (AvgIpc) is 2.76. The van der Waals surface area contributed by atoms with Gasteiger partial charge in [0.15, 0.2) is 0 Å². The van der Waals surface area contributed by atoms with Crippen LogP contribution in [0.4, 0.5) is 0 Å². The van der Waals surface area contributed by atoms with E-state index >= 15 is 0 Å². The summed E-state index contributed by atoms with van der Waals surface area (Å²) in [6.07, 6.45) is 5.53. The van der Waals surface area contributed by atoms with Crippen LogP contribution in [-0.2, 0) is 14.8 Å². The Bertz CT molecular complexity index is 375. The molecular weight excluding hydrogens is 254 g/mol. The zero-order valence-corrected chi connectivity index (χ0v) is 11.7. The van der Waals surface area contributed by atoms with Crippen LogP contribution in [0.25, 0.3) is 0 Å². The van der Waals surface area contributed by atoms with Crippen LogP contribution in [0, 0.1) is 5.41 Å². The maximum Gasteiger partial charge on any atom is 0.227 e. The molecule has 1 fully saturated rings. The highest BCUT2D eigenvalue weighted by atomic mass is 32.2. The molecule has 0 radical (unpaired) electrons. The molecule has 0 bridgehead atoms. The topological polar surface area (TPSA) is 101 Å². The molecule has 7 heteroatoms. The second-order valence-electron chi connectivity index (χ2n) is 4.97. The van der Waals surface area contributed by atoms with Crippen molar-refractivity contribution < 1.29 is 13.2 Å². The fourth-order valence-corrected chi connectivity index (χ4v) is 2.83. The van der Waals surface area contributed by atoms with Gasteiger partial charge in [-0.1, -0.05) is 12.8 Å². The van der Waals surface area contributed by atoms with Crippen LogP contribution in [0.1, 0.15) is 32.1 Å². The van der Waals surface area contributed by atoms with Crippen molar-refractivity contribution in [1.82, 2.24) is 10.0 Å². The van der Waals surface area contributed by atoms with E-state index in [2.05, 4.69) is 10.0 Å². The van der Waals surface area contributed by atoms with Gasteiger partial charge in [-0.15, -0.1) is 0 Å². The Morgan fingerprint density at radius 3 is 2.39 bits per heavy atom. The first-order chi connectivity index (χ1) is 8.40. The van der Waals surface area contributed by atoms with E-state index in [4.69, 9.17) is 5.73 Å². The minimum absolute atomic E-state index is 0.0156. The number of rotatable bonds is 7. The fourth-order valence-electron chi connectivity index (χ4n) is 2.31. The Hall–Kier alpha value is -0.660. The van der Waals surface area contributed by atoms with Crippen molar-refractivity contribution in [1.29, 1.82) is 0 Å². The third-order valence-corrected chi connectivity index (χ3v) is 4.16.